The highest BCUT2D eigenvalue weighted by molar-refractivity contribution is 7.89. The first-order chi connectivity index (χ1) is 9.84. The molecule has 21 heavy (non-hydrogen) atoms. The van der Waals surface area contributed by atoms with Gasteiger partial charge in [-0.15, -0.1) is 0 Å². The highest BCUT2D eigenvalue weighted by Gasteiger charge is 2.12. The maximum atomic E-state index is 11.7. The average Bonchev–Trinajstić information content (AvgIpc) is 2.43. The van der Waals surface area contributed by atoms with E-state index < -0.39 is 10.0 Å². The number of rotatable bonds is 8. The molecular formula is C14H22N2O4S. The molecule has 0 saturated carbocycles. The van der Waals surface area contributed by atoms with Crippen molar-refractivity contribution in [2.75, 3.05) is 13.2 Å². The van der Waals surface area contributed by atoms with Gasteiger partial charge in [0.1, 0.15) is 0 Å². The van der Waals surface area contributed by atoms with E-state index in [1.54, 1.807) is 12.1 Å². The number of hydrogen-bond acceptors (Lipinski definition) is 4. The van der Waals surface area contributed by atoms with E-state index in [9.17, 15) is 13.2 Å². The normalized spacial score (nSPS) is 12.9. The molecule has 1 rings (SSSR count). The molecule has 1 unspecified atom stereocenters. The van der Waals surface area contributed by atoms with Crippen LogP contribution in [0.15, 0.2) is 29.2 Å². The molecule has 0 radical (unpaired) electrons. The summed E-state index contributed by atoms with van der Waals surface area (Å²) < 4.78 is 27.6. The maximum absolute atomic E-state index is 11.7. The number of amides is 1. The van der Waals surface area contributed by atoms with Gasteiger partial charge in [0.05, 0.1) is 17.5 Å². The number of nitrogens with one attached hydrogen (secondary N) is 1. The van der Waals surface area contributed by atoms with Crippen molar-refractivity contribution in [3.8, 4) is 0 Å². The van der Waals surface area contributed by atoms with Crippen molar-refractivity contribution in [2.45, 2.75) is 37.6 Å². The van der Waals surface area contributed by atoms with Gasteiger partial charge in [-0.1, -0.05) is 19.1 Å². The second-order valence-corrected chi connectivity index (χ2v) is 6.33. The Kier molecular flexibility index (Phi) is 6.80. The highest BCUT2D eigenvalue weighted by atomic mass is 32.2. The lowest BCUT2D eigenvalue weighted by Gasteiger charge is -2.14. The average molecular weight is 314 g/mol. The summed E-state index contributed by atoms with van der Waals surface area (Å²) in [7, 11) is -3.69. The van der Waals surface area contributed by atoms with Crippen LogP contribution in [0, 0.1) is 0 Å². The van der Waals surface area contributed by atoms with Crippen LogP contribution in [0.3, 0.4) is 0 Å². The number of hydrogen-bond donors (Lipinski definition) is 2. The Balaban J connectivity index is 2.52. The van der Waals surface area contributed by atoms with Gasteiger partial charge in [-0.05, 0) is 31.0 Å². The van der Waals surface area contributed by atoms with Crippen molar-refractivity contribution < 1.29 is 17.9 Å². The molecule has 1 amide bonds. The third-order valence-electron chi connectivity index (χ3n) is 2.91. The number of carbonyl (C=O) groups is 1. The largest absolute Gasteiger partial charge is 0.381 e. The van der Waals surface area contributed by atoms with E-state index in [0.717, 1.165) is 12.0 Å². The predicted octanol–water partition coefficient (Wildman–Crippen LogP) is 1.33. The van der Waals surface area contributed by atoms with E-state index in [1.807, 2.05) is 13.8 Å². The number of ether oxygens (including phenoxy) is 1. The van der Waals surface area contributed by atoms with Gasteiger partial charge in [-0.2, -0.15) is 0 Å². The molecular weight excluding hydrogens is 292 g/mol. The van der Waals surface area contributed by atoms with Crippen molar-refractivity contribution >= 4 is 15.9 Å². The Labute approximate surface area is 125 Å². The van der Waals surface area contributed by atoms with Crippen LogP contribution in [0.2, 0.25) is 0 Å². The summed E-state index contributed by atoms with van der Waals surface area (Å²) in [6, 6.07) is 5.92. The molecule has 0 saturated heterocycles. The van der Waals surface area contributed by atoms with Crippen LogP contribution < -0.4 is 10.5 Å². The molecule has 6 nitrogen and oxygen atoms in total. The van der Waals surface area contributed by atoms with Gasteiger partial charge in [-0.25, -0.2) is 13.6 Å². The monoisotopic (exact) mass is 314 g/mol. The number of nitrogens with two attached hydrogens (primary N) is 1. The van der Waals surface area contributed by atoms with Gasteiger partial charge < -0.3 is 10.1 Å². The third kappa shape index (κ3) is 6.24. The van der Waals surface area contributed by atoms with Crippen molar-refractivity contribution in [2.24, 2.45) is 5.14 Å². The van der Waals surface area contributed by atoms with Crippen molar-refractivity contribution in [1.82, 2.24) is 5.32 Å². The summed E-state index contributed by atoms with van der Waals surface area (Å²) in [4.78, 5) is 11.8. The fourth-order valence-corrected chi connectivity index (χ4v) is 2.27. The Morgan fingerprint density at radius 2 is 1.90 bits per heavy atom. The number of carbonyl (C=O) groups excluding carboxylic acids is 1. The quantitative estimate of drug-likeness (QED) is 0.707. The van der Waals surface area contributed by atoms with E-state index in [1.165, 1.54) is 12.1 Å². The Morgan fingerprint density at radius 1 is 1.29 bits per heavy atom. The summed E-state index contributed by atoms with van der Waals surface area (Å²) in [5.41, 5.74) is 0.810. The van der Waals surface area contributed by atoms with E-state index in [0.29, 0.717) is 19.6 Å². The topological polar surface area (TPSA) is 98.5 Å². The van der Waals surface area contributed by atoms with Gasteiger partial charge in [0, 0.05) is 13.0 Å². The van der Waals surface area contributed by atoms with Crippen LogP contribution in [0.5, 0.6) is 0 Å². The first-order valence-electron chi connectivity index (χ1n) is 6.84. The molecule has 0 aliphatic rings. The second kappa shape index (κ2) is 8.11. The van der Waals surface area contributed by atoms with E-state index in [4.69, 9.17) is 9.88 Å². The molecule has 0 spiro atoms. The minimum absolute atomic E-state index is 0.0535. The fourth-order valence-electron chi connectivity index (χ4n) is 1.75. The van der Waals surface area contributed by atoms with Gasteiger partial charge in [0.25, 0.3) is 0 Å². The molecule has 0 fully saturated rings. The van der Waals surface area contributed by atoms with Crippen LogP contribution in [-0.4, -0.2) is 27.5 Å². The third-order valence-corrected chi connectivity index (χ3v) is 3.84. The fraction of sp³-hybridized carbons (Fsp3) is 0.500. The lowest BCUT2D eigenvalue weighted by molar-refractivity contribution is -0.122. The maximum Gasteiger partial charge on any atom is 0.238 e. The molecule has 0 aliphatic heterocycles. The molecule has 3 N–H and O–H groups in total. The number of primary sulfonamides is 1. The Bertz CT molecular complexity index is 555. The molecule has 1 atom stereocenters. The first kappa shape index (κ1) is 17.6. The standard InChI is InChI=1S/C14H22N2O4S/c1-3-9-20-10-8-14(17)16-11(2)12-4-6-13(7-5-12)21(15,18)19/h4-7,11H,3,8-10H2,1-2H3,(H,16,17)(H2,15,18,19). The lowest BCUT2D eigenvalue weighted by atomic mass is 10.1. The molecule has 0 aliphatic carbocycles. The summed E-state index contributed by atoms with van der Waals surface area (Å²) in [5, 5.41) is 7.86. The number of sulfonamides is 1. The van der Waals surface area contributed by atoms with Crippen LogP contribution >= 0.6 is 0 Å². The van der Waals surface area contributed by atoms with E-state index in [-0.39, 0.29) is 16.8 Å². The van der Waals surface area contributed by atoms with E-state index in [2.05, 4.69) is 5.32 Å². The zero-order chi connectivity index (χ0) is 15.9. The molecule has 0 bridgehead atoms. The zero-order valence-electron chi connectivity index (χ0n) is 12.3. The summed E-state index contributed by atoms with van der Waals surface area (Å²) in [5.74, 6) is -0.103. The van der Waals surface area contributed by atoms with Crippen LogP contribution in [0.4, 0.5) is 0 Å². The van der Waals surface area contributed by atoms with Gasteiger partial charge in [-0.3, -0.25) is 4.79 Å². The molecule has 7 heteroatoms. The predicted molar refractivity (Wildman–Crippen MR) is 80.1 cm³/mol. The minimum atomic E-state index is -3.69. The molecule has 118 valence electrons. The van der Waals surface area contributed by atoms with Crippen LogP contribution in [0.25, 0.3) is 0 Å². The summed E-state index contributed by atoms with van der Waals surface area (Å²) in [6.07, 6.45) is 1.23. The Morgan fingerprint density at radius 3 is 2.43 bits per heavy atom. The SMILES string of the molecule is CCCOCCC(=O)NC(C)c1ccc(S(N)(=O)=O)cc1. The smallest absolute Gasteiger partial charge is 0.238 e. The van der Waals surface area contributed by atoms with Crippen LogP contribution in [-0.2, 0) is 19.6 Å². The lowest BCUT2D eigenvalue weighted by Crippen LogP contribution is -2.27. The molecule has 1 aromatic rings. The van der Waals surface area contributed by atoms with Crippen molar-refractivity contribution in [3.63, 3.8) is 0 Å². The van der Waals surface area contributed by atoms with Crippen LogP contribution in [0.1, 0.15) is 38.3 Å². The van der Waals surface area contributed by atoms with Gasteiger partial charge >= 0.3 is 0 Å². The van der Waals surface area contributed by atoms with Crippen molar-refractivity contribution in [3.05, 3.63) is 29.8 Å². The summed E-state index contributed by atoms with van der Waals surface area (Å²) >= 11 is 0. The summed E-state index contributed by atoms with van der Waals surface area (Å²) in [6.45, 7) is 4.89. The van der Waals surface area contributed by atoms with E-state index >= 15 is 0 Å². The number of benzene rings is 1. The van der Waals surface area contributed by atoms with Crippen molar-refractivity contribution in [1.29, 1.82) is 0 Å². The highest BCUT2D eigenvalue weighted by Crippen LogP contribution is 2.15. The van der Waals surface area contributed by atoms with Gasteiger partial charge in [0.15, 0.2) is 0 Å². The molecule has 0 aromatic heterocycles. The molecule has 1 aromatic carbocycles. The second-order valence-electron chi connectivity index (χ2n) is 4.77. The first-order valence-corrected chi connectivity index (χ1v) is 8.39. The zero-order valence-corrected chi connectivity index (χ0v) is 13.2. The van der Waals surface area contributed by atoms with Gasteiger partial charge in [0.2, 0.25) is 15.9 Å². The minimum Gasteiger partial charge on any atom is -0.381 e. The molecule has 0 heterocycles. The Hall–Kier alpha value is -1.44.